The van der Waals surface area contributed by atoms with Crippen LogP contribution in [0.25, 0.3) is 0 Å². The van der Waals surface area contributed by atoms with Gasteiger partial charge in [0.15, 0.2) is 0 Å². The van der Waals surface area contributed by atoms with Gasteiger partial charge in [-0.3, -0.25) is 0 Å². The van der Waals surface area contributed by atoms with Gasteiger partial charge in [0.1, 0.15) is 11.9 Å². The number of aromatic nitrogens is 3. The van der Waals surface area contributed by atoms with Crippen molar-refractivity contribution < 1.29 is 13.2 Å². The molecule has 0 aromatic carbocycles. The van der Waals surface area contributed by atoms with Crippen molar-refractivity contribution in [3.63, 3.8) is 0 Å². The van der Waals surface area contributed by atoms with Gasteiger partial charge in [0.05, 0.1) is 5.56 Å². The molecule has 0 spiro atoms. The molecule has 0 radical (unpaired) electrons. The molecule has 6 nitrogen and oxygen atoms in total. The van der Waals surface area contributed by atoms with E-state index in [9.17, 15) is 18.4 Å². The Morgan fingerprint density at radius 1 is 1.04 bits per heavy atom. The SMILES string of the molecule is N#Cc1cccnc1N1CCN(c2nccc(CCC(F)(F)F)n2)CC1. The smallest absolute Gasteiger partial charge is 0.352 e. The highest BCUT2D eigenvalue weighted by Gasteiger charge is 2.27. The van der Waals surface area contributed by atoms with E-state index in [0.29, 0.717) is 49.2 Å². The van der Waals surface area contributed by atoms with Crippen molar-refractivity contribution in [1.82, 2.24) is 15.0 Å². The Bertz CT molecular complexity index is 794. The molecule has 0 amide bonds. The minimum atomic E-state index is -4.20. The third-order valence-corrected chi connectivity index (χ3v) is 4.13. The summed E-state index contributed by atoms with van der Waals surface area (Å²) in [6, 6.07) is 7.09. The first-order valence-electron chi connectivity index (χ1n) is 8.20. The van der Waals surface area contributed by atoms with Crippen LogP contribution in [0.4, 0.5) is 24.9 Å². The summed E-state index contributed by atoms with van der Waals surface area (Å²) < 4.78 is 37.1. The van der Waals surface area contributed by atoms with E-state index >= 15 is 0 Å². The van der Waals surface area contributed by atoms with Crippen LogP contribution in [-0.2, 0) is 6.42 Å². The monoisotopic (exact) mass is 362 g/mol. The Kier molecular flexibility index (Phi) is 5.21. The van der Waals surface area contributed by atoms with Crippen LogP contribution in [0.5, 0.6) is 0 Å². The molecular formula is C17H17F3N6. The molecule has 2 aromatic heterocycles. The Hall–Kier alpha value is -2.89. The van der Waals surface area contributed by atoms with Gasteiger partial charge >= 0.3 is 6.18 Å². The maximum atomic E-state index is 12.4. The molecule has 3 heterocycles. The molecule has 1 aliphatic rings. The Labute approximate surface area is 148 Å². The molecule has 26 heavy (non-hydrogen) atoms. The lowest BCUT2D eigenvalue weighted by Crippen LogP contribution is -2.47. The molecule has 1 aliphatic heterocycles. The van der Waals surface area contributed by atoms with E-state index in [0.717, 1.165) is 0 Å². The topological polar surface area (TPSA) is 68.9 Å². The highest BCUT2D eigenvalue weighted by Crippen LogP contribution is 2.23. The van der Waals surface area contributed by atoms with E-state index in [2.05, 4.69) is 21.0 Å². The standard InChI is InChI=1S/C17H17F3N6/c18-17(19,20)5-3-14-4-7-23-16(24-14)26-10-8-25(9-11-26)15-13(12-21)2-1-6-22-15/h1-2,4,6-7H,3,5,8-11H2. The van der Waals surface area contributed by atoms with E-state index < -0.39 is 12.6 Å². The molecule has 1 fully saturated rings. The second-order valence-electron chi connectivity index (χ2n) is 5.92. The van der Waals surface area contributed by atoms with E-state index in [1.54, 1.807) is 18.3 Å². The quantitative estimate of drug-likeness (QED) is 0.833. The number of rotatable bonds is 4. The van der Waals surface area contributed by atoms with Crippen molar-refractivity contribution in [2.45, 2.75) is 19.0 Å². The Morgan fingerprint density at radius 2 is 1.77 bits per heavy atom. The molecule has 9 heteroatoms. The van der Waals surface area contributed by atoms with E-state index in [4.69, 9.17) is 0 Å². The lowest BCUT2D eigenvalue weighted by atomic mass is 10.2. The lowest BCUT2D eigenvalue weighted by molar-refractivity contribution is -0.134. The van der Waals surface area contributed by atoms with Gasteiger partial charge in [-0.15, -0.1) is 0 Å². The third kappa shape index (κ3) is 4.39. The molecule has 0 saturated carbocycles. The van der Waals surface area contributed by atoms with Gasteiger partial charge in [-0.1, -0.05) is 0 Å². The summed E-state index contributed by atoms with van der Waals surface area (Å²) in [6.07, 6.45) is -2.10. The van der Waals surface area contributed by atoms with Gasteiger partial charge in [0.25, 0.3) is 0 Å². The maximum Gasteiger partial charge on any atom is 0.389 e. The van der Waals surface area contributed by atoms with Crippen LogP contribution in [0.1, 0.15) is 17.7 Å². The fraction of sp³-hybridized carbons (Fsp3) is 0.412. The van der Waals surface area contributed by atoms with Crippen LogP contribution < -0.4 is 9.80 Å². The van der Waals surface area contributed by atoms with Crippen molar-refractivity contribution in [2.24, 2.45) is 0 Å². The summed E-state index contributed by atoms with van der Waals surface area (Å²) in [5, 5.41) is 9.19. The van der Waals surface area contributed by atoms with Gasteiger partial charge in [-0.05, 0) is 24.6 Å². The van der Waals surface area contributed by atoms with E-state index in [-0.39, 0.29) is 6.42 Å². The van der Waals surface area contributed by atoms with Gasteiger partial charge in [-0.25, -0.2) is 15.0 Å². The first kappa shape index (κ1) is 17.9. The van der Waals surface area contributed by atoms with Crippen LogP contribution in [0.3, 0.4) is 0 Å². The molecule has 0 aliphatic carbocycles. The van der Waals surface area contributed by atoms with Crippen molar-refractivity contribution in [2.75, 3.05) is 36.0 Å². The summed E-state index contributed by atoms with van der Waals surface area (Å²) in [7, 11) is 0. The average molecular weight is 362 g/mol. The second-order valence-corrected chi connectivity index (χ2v) is 5.92. The fourth-order valence-electron chi connectivity index (χ4n) is 2.80. The molecule has 3 rings (SSSR count). The van der Waals surface area contributed by atoms with Crippen LogP contribution in [0.2, 0.25) is 0 Å². The zero-order valence-electron chi connectivity index (χ0n) is 13.9. The third-order valence-electron chi connectivity index (χ3n) is 4.13. The number of halogens is 3. The molecule has 0 N–H and O–H groups in total. The van der Waals surface area contributed by atoms with E-state index in [1.807, 2.05) is 9.80 Å². The average Bonchev–Trinajstić information content (AvgIpc) is 2.66. The molecule has 0 bridgehead atoms. The van der Waals surface area contributed by atoms with Crippen molar-refractivity contribution in [3.8, 4) is 6.07 Å². The molecule has 0 atom stereocenters. The van der Waals surface area contributed by atoms with Crippen LogP contribution in [-0.4, -0.2) is 47.3 Å². The zero-order valence-corrected chi connectivity index (χ0v) is 13.9. The number of nitriles is 1. The normalized spacial score (nSPS) is 15.0. The van der Waals surface area contributed by atoms with Gasteiger partial charge in [-0.2, -0.15) is 18.4 Å². The van der Waals surface area contributed by atoms with Crippen LogP contribution in [0, 0.1) is 11.3 Å². The number of alkyl halides is 3. The number of nitrogens with zero attached hydrogens (tertiary/aromatic N) is 6. The molecule has 0 unspecified atom stereocenters. The number of piperazine rings is 1. The Balaban J connectivity index is 1.64. The van der Waals surface area contributed by atoms with E-state index in [1.165, 1.54) is 12.3 Å². The zero-order chi connectivity index (χ0) is 18.6. The number of pyridine rings is 1. The first-order valence-corrected chi connectivity index (χ1v) is 8.20. The number of hydrogen-bond donors (Lipinski definition) is 0. The lowest BCUT2D eigenvalue weighted by Gasteiger charge is -2.35. The second kappa shape index (κ2) is 7.56. The predicted octanol–water partition coefficient (Wildman–Crippen LogP) is 2.56. The fourth-order valence-corrected chi connectivity index (χ4v) is 2.80. The van der Waals surface area contributed by atoms with Crippen molar-refractivity contribution >= 4 is 11.8 Å². The summed E-state index contributed by atoms with van der Waals surface area (Å²) in [5.74, 6) is 1.08. The van der Waals surface area contributed by atoms with Gasteiger partial charge < -0.3 is 9.80 Å². The maximum absolute atomic E-state index is 12.4. The van der Waals surface area contributed by atoms with Crippen molar-refractivity contribution in [3.05, 3.63) is 41.9 Å². The van der Waals surface area contributed by atoms with Gasteiger partial charge in [0.2, 0.25) is 5.95 Å². The molecule has 2 aromatic rings. The largest absolute Gasteiger partial charge is 0.389 e. The summed E-state index contributed by atoms with van der Waals surface area (Å²) in [4.78, 5) is 16.7. The minimum Gasteiger partial charge on any atom is -0.352 e. The van der Waals surface area contributed by atoms with Gasteiger partial charge in [0, 0.05) is 50.7 Å². The minimum absolute atomic E-state index is 0.154. The summed E-state index contributed by atoms with van der Waals surface area (Å²) in [5.41, 5.74) is 0.901. The summed E-state index contributed by atoms with van der Waals surface area (Å²) >= 11 is 0. The summed E-state index contributed by atoms with van der Waals surface area (Å²) in [6.45, 7) is 2.46. The van der Waals surface area contributed by atoms with Crippen molar-refractivity contribution in [1.29, 1.82) is 5.26 Å². The molecular weight excluding hydrogens is 345 g/mol. The number of hydrogen-bond acceptors (Lipinski definition) is 6. The highest BCUT2D eigenvalue weighted by atomic mass is 19.4. The molecule has 1 saturated heterocycles. The first-order chi connectivity index (χ1) is 12.5. The number of aryl methyl sites for hydroxylation is 1. The predicted molar refractivity (Wildman–Crippen MR) is 89.8 cm³/mol. The van der Waals surface area contributed by atoms with Crippen LogP contribution in [0.15, 0.2) is 30.6 Å². The van der Waals surface area contributed by atoms with Crippen LogP contribution >= 0.6 is 0 Å². The number of anilines is 2. The molecule has 136 valence electrons. The Morgan fingerprint density at radius 3 is 2.46 bits per heavy atom. The highest BCUT2D eigenvalue weighted by molar-refractivity contribution is 5.54.